The van der Waals surface area contributed by atoms with E-state index in [1.165, 1.54) is 33.1 Å². The fraction of sp³-hybridized carbons (Fsp3) is 0.316. The third kappa shape index (κ3) is 5.15. The zero-order valence-corrected chi connectivity index (χ0v) is 21.8. The minimum atomic E-state index is -1.23. The molecule has 3 heterocycles. The van der Waals surface area contributed by atoms with Gasteiger partial charge in [-0.05, 0) is 16.0 Å². The Labute approximate surface area is 224 Å². The first-order valence-corrected chi connectivity index (χ1v) is 11.7. The topological polar surface area (TPSA) is 157 Å². The molecule has 12 nitrogen and oxygen atoms in total. The zero-order chi connectivity index (χ0) is 23.5. The van der Waals surface area contributed by atoms with Crippen LogP contribution in [0.25, 0.3) is 0 Å². The fourth-order valence-corrected chi connectivity index (χ4v) is 5.83. The van der Waals surface area contributed by atoms with Gasteiger partial charge in [0.05, 0.1) is 0 Å². The Balaban J connectivity index is 0.00000324. The molecule has 1 aromatic heterocycles. The maximum atomic E-state index is 12.8. The molecule has 15 heteroatoms. The molecule has 2 amide bonds. The molecule has 2 N–H and O–H groups in total. The van der Waals surface area contributed by atoms with E-state index in [0.29, 0.717) is 27.8 Å². The minimum absolute atomic E-state index is 0. The number of aromatic nitrogens is 4. The number of amides is 2. The van der Waals surface area contributed by atoms with Gasteiger partial charge in [-0.2, -0.15) is 0 Å². The van der Waals surface area contributed by atoms with Crippen LogP contribution in [0.3, 0.4) is 0 Å². The Morgan fingerprint density at radius 2 is 2.12 bits per heavy atom. The number of carboxylic acids is 1. The van der Waals surface area contributed by atoms with E-state index >= 15 is 0 Å². The van der Waals surface area contributed by atoms with Gasteiger partial charge in [0.15, 0.2) is 0 Å². The van der Waals surface area contributed by atoms with E-state index in [0.717, 1.165) is 0 Å². The molecular formula is C19H18N6NaO6S2+. The van der Waals surface area contributed by atoms with Crippen LogP contribution in [0, 0.1) is 0 Å². The largest absolute Gasteiger partial charge is 1.00 e. The summed E-state index contributed by atoms with van der Waals surface area (Å²) in [5, 5.41) is 23.4. The first kappa shape index (κ1) is 26.2. The van der Waals surface area contributed by atoms with Crippen molar-refractivity contribution in [2.45, 2.75) is 22.7 Å². The number of carboxylic acid groups (broad SMARTS) is 1. The molecule has 2 aliphatic rings. The molecule has 1 aromatic carbocycles. The van der Waals surface area contributed by atoms with Crippen LogP contribution in [0.2, 0.25) is 0 Å². The number of tetrazole rings is 1. The van der Waals surface area contributed by atoms with Crippen LogP contribution in [0.1, 0.15) is 11.7 Å². The summed E-state index contributed by atoms with van der Waals surface area (Å²) in [7, 11) is 1.67. The van der Waals surface area contributed by atoms with Crippen molar-refractivity contribution in [3.8, 4) is 0 Å². The predicted molar refractivity (Wildman–Crippen MR) is 116 cm³/mol. The first-order valence-electron chi connectivity index (χ1n) is 9.62. The normalized spacial score (nSPS) is 19.9. The molecule has 3 atom stereocenters. The number of rotatable bonds is 9. The maximum Gasteiger partial charge on any atom is 1.00 e. The van der Waals surface area contributed by atoms with Crippen molar-refractivity contribution >= 4 is 47.8 Å². The second kappa shape index (κ2) is 11.4. The Morgan fingerprint density at radius 3 is 2.74 bits per heavy atom. The number of hydrogen-bond acceptors (Lipinski definition) is 10. The van der Waals surface area contributed by atoms with Crippen molar-refractivity contribution in [3.05, 3.63) is 47.2 Å². The van der Waals surface area contributed by atoms with Crippen LogP contribution in [0.15, 0.2) is 46.8 Å². The summed E-state index contributed by atoms with van der Waals surface area (Å²) in [4.78, 5) is 49.7. The molecule has 1 saturated heterocycles. The Morgan fingerprint density at radius 1 is 1.38 bits per heavy atom. The van der Waals surface area contributed by atoms with Crippen LogP contribution >= 0.6 is 23.5 Å². The number of aryl methyl sites for hydroxylation is 1. The van der Waals surface area contributed by atoms with Gasteiger partial charge in [-0.25, -0.2) is 9.48 Å². The molecule has 4 rings (SSSR count). The molecule has 0 bridgehead atoms. The van der Waals surface area contributed by atoms with E-state index in [1.54, 1.807) is 37.4 Å². The number of β-lactam (4-membered cyclic amide) rings is 1. The van der Waals surface area contributed by atoms with Crippen LogP contribution < -0.4 is 34.9 Å². The number of nitrogens with one attached hydrogen (secondary N) is 1. The molecule has 172 valence electrons. The molecule has 0 aliphatic carbocycles. The Bertz CT molecular complexity index is 1130. The fourth-order valence-electron chi connectivity index (χ4n) is 3.49. The molecule has 2 aliphatic heterocycles. The summed E-state index contributed by atoms with van der Waals surface area (Å²) >= 11 is 2.61. The van der Waals surface area contributed by atoms with Crippen LogP contribution in [-0.2, 0) is 31.0 Å². The summed E-state index contributed by atoms with van der Waals surface area (Å²) in [5.74, 6) is -1.79. The van der Waals surface area contributed by atoms with Gasteiger partial charge < -0.3 is 15.2 Å². The summed E-state index contributed by atoms with van der Waals surface area (Å²) in [6, 6.07) is 7.45. The molecule has 0 radical (unpaired) electrons. The van der Waals surface area contributed by atoms with Gasteiger partial charge in [0.1, 0.15) is 17.1 Å². The van der Waals surface area contributed by atoms with Crippen LogP contribution in [0.4, 0.5) is 0 Å². The van der Waals surface area contributed by atoms with E-state index in [9.17, 15) is 24.3 Å². The van der Waals surface area contributed by atoms with Crippen molar-refractivity contribution in [1.82, 2.24) is 30.4 Å². The predicted octanol–water partition coefficient (Wildman–Crippen LogP) is -3.04. The van der Waals surface area contributed by atoms with Gasteiger partial charge in [0.25, 0.3) is 18.3 Å². The van der Waals surface area contributed by atoms with E-state index in [1.807, 2.05) is 0 Å². The first-order chi connectivity index (χ1) is 15.9. The van der Waals surface area contributed by atoms with E-state index in [-0.39, 0.29) is 41.7 Å². The average Bonchev–Trinajstić information content (AvgIpc) is 3.23. The molecule has 0 saturated carbocycles. The summed E-state index contributed by atoms with van der Waals surface area (Å²) in [6.45, 7) is 0.170. The van der Waals surface area contributed by atoms with E-state index in [2.05, 4.69) is 20.8 Å². The summed E-state index contributed by atoms with van der Waals surface area (Å²) in [6.07, 6.45) is -1.22. The number of carbonyl (C=O) groups is 4. The van der Waals surface area contributed by atoms with Crippen LogP contribution in [-0.4, -0.2) is 77.4 Å². The number of ether oxygens (including phenoxy) is 1. The zero-order valence-electron chi connectivity index (χ0n) is 18.2. The molecule has 0 spiro atoms. The number of hydrogen-bond donors (Lipinski definition) is 2. The van der Waals surface area contributed by atoms with Crippen molar-refractivity contribution in [3.63, 3.8) is 0 Å². The van der Waals surface area contributed by atoms with Gasteiger partial charge >= 0.3 is 35.5 Å². The van der Waals surface area contributed by atoms with Crippen molar-refractivity contribution < 1.29 is 58.6 Å². The SMILES string of the molecule is Cn1nnnc1SCC1=C(C(=O)O)N2C(=O)C(NC(=O)C(OC=O)c3ccccc3)C2SC1.[Na+]. The number of aliphatic carboxylic acids is 1. The molecule has 34 heavy (non-hydrogen) atoms. The van der Waals surface area contributed by atoms with E-state index in [4.69, 9.17) is 4.74 Å². The Kier molecular flexibility index (Phi) is 8.76. The van der Waals surface area contributed by atoms with Crippen molar-refractivity contribution in [2.75, 3.05) is 11.5 Å². The average molecular weight is 514 g/mol. The number of nitrogens with zero attached hydrogens (tertiary/aromatic N) is 5. The molecule has 2 aromatic rings. The standard InChI is InChI=1S/C19H18N6O6S2.Na/c1-24-19(21-22-23-24)33-8-11-7-32-17-12(16(28)25(17)13(11)18(29)30)20-15(27)14(31-9-26)10-5-3-2-4-6-10;/h2-6,9,12,14,17H,7-8H2,1H3,(H,20,27)(H,29,30);/q;+1. The van der Waals surface area contributed by atoms with Crippen molar-refractivity contribution in [2.24, 2.45) is 7.05 Å². The smallest absolute Gasteiger partial charge is 0.477 e. The molecule has 1 fully saturated rings. The number of thioether (sulfide) groups is 2. The second-order valence-electron chi connectivity index (χ2n) is 7.05. The van der Waals surface area contributed by atoms with Gasteiger partial charge in [-0.3, -0.25) is 19.3 Å². The van der Waals surface area contributed by atoms with Crippen LogP contribution in [0.5, 0.6) is 0 Å². The maximum absolute atomic E-state index is 12.8. The number of fused-ring (bicyclic) bond motifs is 1. The Hall–Kier alpha value is -2.39. The summed E-state index contributed by atoms with van der Waals surface area (Å²) in [5.41, 5.74) is 0.910. The monoisotopic (exact) mass is 513 g/mol. The third-order valence-corrected chi connectivity index (χ3v) is 7.47. The number of carbonyl (C=O) groups excluding carboxylic acids is 3. The third-order valence-electron chi connectivity index (χ3n) is 5.04. The van der Waals surface area contributed by atoms with Gasteiger partial charge in [-0.15, -0.1) is 16.9 Å². The van der Waals surface area contributed by atoms with Gasteiger partial charge in [0.2, 0.25) is 11.3 Å². The van der Waals surface area contributed by atoms with Gasteiger partial charge in [-0.1, -0.05) is 42.1 Å². The minimum Gasteiger partial charge on any atom is -0.477 e. The van der Waals surface area contributed by atoms with Gasteiger partial charge in [0, 0.05) is 24.1 Å². The van der Waals surface area contributed by atoms with Crippen molar-refractivity contribution in [1.29, 1.82) is 0 Å². The quantitative estimate of drug-likeness (QED) is 0.152. The number of benzene rings is 1. The second-order valence-corrected chi connectivity index (χ2v) is 9.10. The molecular weight excluding hydrogens is 495 g/mol. The molecule has 3 unspecified atom stereocenters. The van der Waals surface area contributed by atoms with E-state index < -0.39 is 35.3 Å². The summed E-state index contributed by atoms with van der Waals surface area (Å²) < 4.78 is 6.40.